The SMILES string of the molecule is CCCC1NC(=O)C(CC(C)C)NC1=O. The molecule has 0 aromatic heterocycles. The highest BCUT2D eigenvalue weighted by molar-refractivity contribution is 5.96. The van der Waals surface area contributed by atoms with Gasteiger partial charge in [-0.2, -0.15) is 0 Å². The van der Waals surface area contributed by atoms with Crippen molar-refractivity contribution in [3.63, 3.8) is 0 Å². The lowest BCUT2D eigenvalue weighted by molar-refractivity contribution is -0.137. The molecule has 1 heterocycles. The topological polar surface area (TPSA) is 58.2 Å². The smallest absolute Gasteiger partial charge is 0.243 e. The molecule has 0 aromatic carbocycles. The molecular weight excluding hydrogens is 192 g/mol. The monoisotopic (exact) mass is 212 g/mol. The third kappa shape index (κ3) is 3.22. The third-order valence-corrected chi connectivity index (χ3v) is 2.55. The van der Waals surface area contributed by atoms with Gasteiger partial charge in [-0.15, -0.1) is 0 Å². The van der Waals surface area contributed by atoms with Gasteiger partial charge in [-0.1, -0.05) is 27.2 Å². The zero-order valence-corrected chi connectivity index (χ0v) is 9.67. The average molecular weight is 212 g/mol. The van der Waals surface area contributed by atoms with Crippen LogP contribution in [-0.4, -0.2) is 23.9 Å². The fourth-order valence-electron chi connectivity index (χ4n) is 1.81. The predicted octanol–water partition coefficient (Wildman–Crippen LogP) is 0.816. The summed E-state index contributed by atoms with van der Waals surface area (Å²) in [5, 5.41) is 5.55. The Labute approximate surface area is 90.8 Å². The van der Waals surface area contributed by atoms with Crippen LogP contribution >= 0.6 is 0 Å². The van der Waals surface area contributed by atoms with Crippen LogP contribution in [0.4, 0.5) is 0 Å². The number of piperazine rings is 1. The Kier molecular flexibility index (Phi) is 4.12. The van der Waals surface area contributed by atoms with Gasteiger partial charge >= 0.3 is 0 Å². The first-order valence-electron chi connectivity index (χ1n) is 5.65. The number of amides is 2. The molecule has 0 aliphatic carbocycles. The second-order valence-corrected chi connectivity index (χ2v) is 4.54. The van der Waals surface area contributed by atoms with E-state index in [1.54, 1.807) is 0 Å². The second kappa shape index (κ2) is 5.14. The minimum absolute atomic E-state index is 0.0397. The van der Waals surface area contributed by atoms with Gasteiger partial charge in [-0.05, 0) is 18.8 Å². The molecule has 2 unspecified atom stereocenters. The summed E-state index contributed by atoms with van der Waals surface area (Å²) < 4.78 is 0. The summed E-state index contributed by atoms with van der Waals surface area (Å²) in [6.45, 7) is 6.08. The molecule has 2 N–H and O–H groups in total. The summed E-state index contributed by atoms with van der Waals surface area (Å²) in [7, 11) is 0. The molecule has 1 fully saturated rings. The highest BCUT2D eigenvalue weighted by atomic mass is 16.2. The van der Waals surface area contributed by atoms with Gasteiger partial charge in [0.05, 0.1) is 0 Å². The summed E-state index contributed by atoms with van der Waals surface area (Å²) in [6, 6.07) is -0.670. The molecule has 0 spiro atoms. The van der Waals surface area contributed by atoms with Crippen molar-refractivity contribution in [3.8, 4) is 0 Å². The molecule has 86 valence electrons. The number of carbonyl (C=O) groups excluding carboxylic acids is 2. The molecule has 1 saturated heterocycles. The number of carbonyl (C=O) groups is 2. The molecule has 1 rings (SSSR count). The summed E-state index contributed by atoms with van der Waals surface area (Å²) >= 11 is 0. The van der Waals surface area contributed by atoms with Crippen molar-refractivity contribution in [2.24, 2.45) is 5.92 Å². The van der Waals surface area contributed by atoms with Crippen LogP contribution in [0.5, 0.6) is 0 Å². The fourth-order valence-corrected chi connectivity index (χ4v) is 1.81. The van der Waals surface area contributed by atoms with Crippen LogP contribution in [0.3, 0.4) is 0 Å². The van der Waals surface area contributed by atoms with Crippen LogP contribution in [0.2, 0.25) is 0 Å². The van der Waals surface area contributed by atoms with Crippen LogP contribution in [0.15, 0.2) is 0 Å². The first-order valence-corrected chi connectivity index (χ1v) is 5.65. The Balaban J connectivity index is 2.55. The maximum atomic E-state index is 11.6. The molecule has 1 aliphatic heterocycles. The number of hydrogen-bond donors (Lipinski definition) is 2. The minimum Gasteiger partial charge on any atom is -0.343 e. The Morgan fingerprint density at radius 2 is 1.67 bits per heavy atom. The lowest BCUT2D eigenvalue weighted by Gasteiger charge is -2.30. The molecule has 15 heavy (non-hydrogen) atoms. The van der Waals surface area contributed by atoms with Crippen LogP contribution in [0.1, 0.15) is 40.0 Å². The summed E-state index contributed by atoms with van der Waals surface area (Å²) in [5.74, 6) is 0.327. The average Bonchev–Trinajstić information content (AvgIpc) is 2.13. The Hall–Kier alpha value is -1.06. The van der Waals surface area contributed by atoms with E-state index in [2.05, 4.69) is 10.6 Å². The van der Waals surface area contributed by atoms with Crippen molar-refractivity contribution in [2.45, 2.75) is 52.1 Å². The van der Waals surface area contributed by atoms with E-state index in [9.17, 15) is 9.59 Å². The lowest BCUT2D eigenvalue weighted by Crippen LogP contribution is -2.61. The molecule has 1 aliphatic rings. The van der Waals surface area contributed by atoms with Crippen molar-refractivity contribution in [1.82, 2.24) is 10.6 Å². The van der Waals surface area contributed by atoms with Gasteiger partial charge in [-0.3, -0.25) is 9.59 Å². The maximum Gasteiger partial charge on any atom is 0.243 e. The fraction of sp³-hybridized carbons (Fsp3) is 0.818. The normalized spacial score (nSPS) is 26.4. The summed E-state index contributed by atoms with van der Waals surface area (Å²) in [5.41, 5.74) is 0. The third-order valence-electron chi connectivity index (χ3n) is 2.55. The standard InChI is InChI=1S/C11H20N2O2/c1-4-5-8-10(14)13-9(6-7(2)3)11(15)12-8/h7-9H,4-6H2,1-3H3,(H,12,15)(H,13,14). The van der Waals surface area contributed by atoms with E-state index in [0.717, 1.165) is 6.42 Å². The molecule has 4 nitrogen and oxygen atoms in total. The molecule has 2 atom stereocenters. The van der Waals surface area contributed by atoms with E-state index in [1.165, 1.54) is 0 Å². The molecule has 0 bridgehead atoms. The van der Waals surface area contributed by atoms with Crippen LogP contribution in [0, 0.1) is 5.92 Å². The molecule has 0 radical (unpaired) electrons. The van der Waals surface area contributed by atoms with Crippen LogP contribution in [0.25, 0.3) is 0 Å². The van der Waals surface area contributed by atoms with Gasteiger partial charge in [0.15, 0.2) is 0 Å². The molecule has 0 saturated carbocycles. The van der Waals surface area contributed by atoms with Gasteiger partial charge in [0.1, 0.15) is 12.1 Å². The van der Waals surface area contributed by atoms with Gasteiger partial charge in [-0.25, -0.2) is 0 Å². The number of rotatable bonds is 4. The van der Waals surface area contributed by atoms with Gasteiger partial charge in [0.25, 0.3) is 0 Å². The first-order chi connectivity index (χ1) is 7.04. The largest absolute Gasteiger partial charge is 0.343 e. The molecule has 2 amide bonds. The zero-order chi connectivity index (χ0) is 11.4. The highest BCUT2D eigenvalue weighted by Crippen LogP contribution is 2.10. The van der Waals surface area contributed by atoms with Crippen molar-refractivity contribution in [3.05, 3.63) is 0 Å². The van der Waals surface area contributed by atoms with Crippen molar-refractivity contribution < 1.29 is 9.59 Å². The zero-order valence-electron chi connectivity index (χ0n) is 9.67. The van der Waals surface area contributed by atoms with Crippen molar-refractivity contribution >= 4 is 11.8 Å². The van der Waals surface area contributed by atoms with Crippen LogP contribution < -0.4 is 10.6 Å². The van der Waals surface area contributed by atoms with Crippen LogP contribution in [-0.2, 0) is 9.59 Å². The molecular formula is C11H20N2O2. The molecule has 4 heteroatoms. The van der Waals surface area contributed by atoms with E-state index in [-0.39, 0.29) is 23.9 Å². The van der Waals surface area contributed by atoms with E-state index in [4.69, 9.17) is 0 Å². The second-order valence-electron chi connectivity index (χ2n) is 4.54. The minimum atomic E-state index is -0.342. The van der Waals surface area contributed by atoms with Crippen molar-refractivity contribution in [1.29, 1.82) is 0 Å². The quantitative estimate of drug-likeness (QED) is 0.724. The Morgan fingerprint density at radius 3 is 2.20 bits per heavy atom. The maximum absolute atomic E-state index is 11.6. The highest BCUT2D eigenvalue weighted by Gasteiger charge is 2.32. The lowest BCUT2D eigenvalue weighted by atomic mass is 9.99. The van der Waals surface area contributed by atoms with E-state index >= 15 is 0 Å². The predicted molar refractivity (Wildman–Crippen MR) is 58.2 cm³/mol. The van der Waals surface area contributed by atoms with Gasteiger partial charge in [0, 0.05) is 0 Å². The Bertz CT molecular complexity index is 251. The van der Waals surface area contributed by atoms with Gasteiger partial charge < -0.3 is 10.6 Å². The van der Waals surface area contributed by atoms with Gasteiger partial charge in [0.2, 0.25) is 11.8 Å². The van der Waals surface area contributed by atoms with E-state index in [0.29, 0.717) is 18.8 Å². The van der Waals surface area contributed by atoms with E-state index < -0.39 is 0 Å². The number of nitrogens with one attached hydrogen (secondary N) is 2. The Morgan fingerprint density at radius 1 is 1.13 bits per heavy atom. The number of hydrogen-bond acceptors (Lipinski definition) is 2. The van der Waals surface area contributed by atoms with E-state index in [1.807, 2.05) is 20.8 Å². The summed E-state index contributed by atoms with van der Waals surface area (Å²) in [4.78, 5) is 23.2. The summed E-state index contributed by atoms with van der Waals surface area (Å²) in [6.07, 6.45) is 2.32. The molecule has 0 aromatic rings. The van der Waals surface area contributed by atoms with Crippen molar-refractivity contribution in [2.75, 3.05) is 0 Å². The first kappa shape index (κ1) is 12.0.